The quantitative estimate of drug-likeness (QED) is 0.162. The largest absolute Gasteiger partial charge is 0.494 e. The van der Waals surface area contributed by atoms with Crippen LogP contribution in [0.5, 0.6) is 5.75 Å². The number of carbonyl (C=O) groups is 2. The van der Waals surface area contributed by atoms with E-state index in [0.717, 1.165) is 0 Å². The Hall–Kier alpha value is -2.66. The number of carbonyl (C=O) groups excluding carboxylic acids is 1. The van der Waals surface area contributed by atoms with Gasteiger partial charge in [-0.25, -0.2) is 8.42 Å². The number of hydrogen-bond acceptors (Lipinski definition) is 6. The van der Waals surface area contributed by atoms with Crippen LogP contribution in [0.25, 0.3) is 0 Å². The maximum absolute atomic E-state index is 11.9. The highest BCUT2D eigenvalue weighted by Gasteiger charge is 2.24. The number of benzene rings is 1. The second kappa shape index (κ2) is 12.0. The van der Waals surface area contributed by atoms with Crippen molar-refractivity contribution in [3.05, 3.63) is 29.8 Å². The minimum absolute atomic E-state index is 0.0412. The van der Waals surface area contributed by atoms with Crippen molar-refractivity contribution in [3.63, 3.8) is 0 Å². The van der Waals surface area contributed by atoms with E-state index in [0.29, 0.717) is 30.6 Å². The van der Waals surface area contributed by atoms with Gasteiger partial charge in [-0.1, -0.05) is 13.3 Å². The average molecular weight is 429 g/mol. The average Bonchev–Trinajstić information content (AvgIpc) is 2.67. The highest BCUT2D eigenvalue weighted by atomic mass is 32.2. The number of amidine groups is 1. The first-order valence-electron chi connectivity index (χ1n) is 9.21. The van der Waals surface area contributed by atoms with Gasteiger partial charge in [0.25, 0.3) is 0 Å². The molecule has 1 atom stereocenters. The molecule has 11 heteroatoms. The number of sulfonamides is 1. The number of ether oxygens (including phenoxy) is 1. The predicted molar refractivity (Wildman–Crippen MR) is 108 cm³/mol. The molecule has 0 bridgehead atoms. The normalized spacial score (nSPS) is 12.2. The summed E-state index contributed by atoms with van der Waals surface area (Å²) in [6.07, 6.45) is 1.57. The fourth-order valence-corrected chi connectivity index (χ4v) is 3.65. The van der Waals surface area contributed by atoms with Gasteiger partial charge in [0, 0.05) is 18.5 Å². The lowest BCUT2D eigenvalue weighted by Crippen LogP contribution is -2.48. The van der Waals surface area contributed by atoms with Gasteiger partial charge >= 0.3 is 5.97 Å². The first kappa shape index (κ1) is 24.4. The number of nitrogens with one attached hydrogen (secondary N) is 3. The fraction of sp³-hybridized carbons (Fsp3) is 0.500. The molecule has 1 rings (SSSR count). The highest BCUT2D eigenvalue weighted by molar-refractivity contribution is 7.89. The summed E-state index contributed by atoms with van der Waals surface area (Å²) in [5, 5.41) is 18.9. The molecule has 1 aromatic carbocycles. The highest BCUT2D eigenvalue weighted by Crippen LogP contribution is 2.12. The molecular formula is C18H28N4O6S. The van der Waals surface area contributed by atoms with E-state index in [2.05, 4.69) is 10.0 Å². The topological polar surface area (TPSA) is 172 Å². The van der Waals surface area contributed by atoms with Crippen LogP contribution in [0.1, 0.15) is 38.2 Å². The van der Waals surface area contributed by atoms with Crippen LogP contribution in [-0.4, -0.2) is 56.2 Å². The minimum Gasteiger partial charge on any atom is -0.494 e. The fourth-order valence-electron chi connectivity index (χ4n) is 2.25. The maximum atomic E-state index is 11.9. The summed E-state index contributed by atoms with van der Waals surface area (Å²) in [6.45, 7) is 1.75. The molecule has 0 fully saturated rings. The van der Waals surface area contributed by atoms with E-state index in [-0.39, 0.29) is 31.2 Å². The van der Waals surface area contributed by atoms with Crippen molar-refractivity contribution in [2.24, 2.45) is 5.73 Å². The lowest BCUT2D eigenvalue weighted by molar-refractivity contribution is -0.138. The van der Waals surface area contributed by atoms with Crippen LogP contribution < -0.4 is 20.5 Å². The molecule has 0 aliphatic heterocycles. The number of unbranched alkanes of at least 4 members (excludes halogenated alkanes) is 1. The standard InChI is InChI=1S/C18H28N4O6S/c1-2-3-11-29(26,27)22-15(18(24)25)12-21-16(23)5-4-10-28-14-8-6-13(7-9-14)17(19)20/h6-9,15,22H,2-5,10-12H2,1H3,(H3,19,20)(H,21,23)(H,24,25). The molecular weight excluding hydrogens is 400 g/mol. The third-order valence-corrected chi connectivity index (χ3v) is 5.34. The summed E-state index contributed by atoms with van der Waals surface area (Å²) in [5.74, 6) is -1.39. The Morgan fingerprint density at radius 3 is 2.45 bits per heavy atom. The molecule has 1 unspecified atom stereocenters. The van der Waals surface area contributed by atoms with E-state index in [1.54, 1.807) is 24.3 Å². The zero-order valence-corrected chi connectivity index (χ0v) is 17.1. The van der Waals surface area contributed by atoms with Crippen LogP contribution in [0.2, 0.25) is 0 Å². The maximum Gasteiger partial charge on any atom is 0.323 e. The second-order valence-corrected chi connectivity index (χ2v) is 8.25. The Balaban J connectivity index is 2.35. The number of hydrogen-bond donors (Lipinski definition) is 5. The number of carboxylic acid groups (broad SMARTS) is 1. The van der Waals surface area contributed by atoms with Crippen LogP contribution in [-0.2, 0) is 19.6 Å². The van der Waals surface area contributed by atoms with E-state index in [4.69, 9.17) is 21.0 Å². The van der Waals surface area contributed by atoms with E-state index in [9.17, 15) is 18.0 Å². The number of nitrogens with two attached hydrogens (primary N) is 1. The monoisotopic (exact) mass is 428 g/mol. The number of carboxylic acids is 1. The van der Waals surface area contributed by atoms with Crippen LogP contribution in [0.4, 0.5) is 0 Å². The molecule has 0 spiro atoms. The van der Waals surface area contributed by atoms with Crippen molar-refractivity contribution in [2.75, 3.05) is 18.9 Å². The van der Waals surface area contributed by atoms with E-state index >= 15 is 0 Å². The van der Waals surface area contributed by atoms with Gasteiger partial charge in [0.1, 0.15) is 17.6 Å². The Kier molecular flexibility index (Phi) is 10.1. The summed E-state index contributed by atoms with van der Waals surface area (Å²) in [7, 11) is -3.72. The van der Waals surface area contributed by atoms with Crippen molar-refractivity contribution in [3.8, 4) is 5.75 Å². The molecule has 10 nitrogen and oxygen atoms in total. The van der Waals surface area contributed by atoms with Crippen LogP contribution in [0, 0.1) is 5.41 Å². The van der Waals surface area contributed by atoms with Crippen molar-refractivity contribution in [1.82, 2.24) is 10.0 Å². The first-order valence-corrected chi connectivity index (χ1v) is 10.9. The molecule has 29 heavy (non-hydrogen) atoms. The van der Waals surface area contributed by atoms with Gasteiger partial charge in [-0.15, -0.1) is 0 Å². The lowest BCUT2D eigenvalue weighted by atomic mass is 10.2. The zero-order valence-electron chi connectivity index (χ0n) is 16.3. The number of rotatable bonds is 14. The zero-order chi connectivity index (χ0) is 21.9. The van der Waals surface area contributed by atoms with Crippen molar-refractivity contribution < 1.29 is 27.9 Å². The summed E-state index contributed by atoms with van der Waals surface area (Å²) in [5.41, 5.74) is 5.94. The van der Waals surface area contributed by atoms with Gasteiger partial charge in [0.2, 0.25) is 15.9 Å². The Morgan fingerprint density at radius 1 is 1.24 bits per heavy atom. The Labute approximate surface area is 170 Å². The lowest BCUT2D eigenvalue weighted by Gasteiger charge is -2.15. The van der Waals surface area contributed by atoms with Gasteiger partial charge < -0.3 is 20.9 Å². The van der Waals surface area contributed by atoms with Gasteiger partial charge in [-0.05, 0) is 37.1 Å². The summed E-state index contributed by atoms with van der Waals surface area (Å²) < 4.78 is 31.2. The molecule has 0 aromatic heterocycles. The molecule has 0 radical (unpaired) electrons. The second-order valence-electron chi connectivity index (χ2n) is 6.38. The third kappa shape index (κ3) is 9.90. The SMILES string of the molecule is CCCCS(=O)(=O)NC(CNC(=O)CCCOc1ccc(C(=N)N)cc1)C(=O)O. The van der Waals surface area contributed by atoms with E-state index in [1.165, 1.54) is 0 Å². The summed E-state index contributed by atoms with van der Waals surface area (Å²) >= 11 is 0. The van der Waals surface area contributed by atoms with Crippen molar-refractivity contribution in [1.29, 1.82) is 5.41 Å². The van der Waals surface area contributed by atoms with E-state index < -0.39 is 27.9 Å². The Bertz CT molecular complexity index is 795. The smallest absolute Gasteiger partial charge is 0.323 e. The molecule has 0 heterocycles. The van der Waals surface area contributed by atoms with Gasteiger partial charge in [-0.2, -0.15) is 4.72 Å². The van der Waals surface area contributed by atoms with Crippen LogP contribution in [0.3, 0.4) is 0 Å². The number of aliphatic carboxylic acids is 1. The van der Waals surface area contributed by atoms with Gasteiger partial charge in [0.05, 0.1) is 12.4 Å². The predicted octanol–water partition coefficient (Wildman–Crippen LogP) is 0.419. The summed E-state index contributed by atoms with van der Waals surface area (Å²) in [4.78, 5) is 23.1. The third-order valence-electron chi connectivity index (χ3n) is 3.87. The molecule has 162 valence electrons. The van der Waals surface area contributed by atoms with E-state index in [1.807, 2.05) is 6.92 Å². The number of nitrogen functional groups attached to an aromatic ring is 1. The molecule has 0 saturated carbocycles. The van der Waals surface area contributed by atoms with Gasteiger partial charge in [0.15, 0.2) is 0 Å². The molecule has 0 aliphatic carbocycles. The molecule has 1 aromatic rings. The van der Waals surface area contributed by atoms with Crippen molar-refractivity contribution in [2.45, 2.75) is 38.6 Å². The van der Waals surface area contributed by atoms with Gasteiger partial charge in [-0.3, -0.25) is 15.0 Å². The minimum atomic E-state index is -3.72. The molecule has 1 amide bonds. The first-order chi connectivity index (χ1) is 13.6. The Morgan fingerprint density at radius 2 is 1.90 bits per heavy atom. The van der Waals surface area contributed by atoms with Crippen LogP contribution in [0.15, 0.2) is 24.3 Å². The molecule has 6 N–H and O–H groups in total. The summed E-state index contributed by atoms with van der Waals surface area (Å²) in [6, 6.07) is 5.21. The van der Waals surface area contributed by atoms with Crippen molar-refractivity contribution >= 4 is 27.7 Å². The number of amides is 1. The molecule has 0 aliphatic rings. The van der Waals surface area contributed by atoms with Crippen LogP contribution >= 0.6 is 0 Å². The molecule has 0 saturated heterocycles.